The van der Waals surface area contributed by atoms with Crippen LogP contribution in [-0.2, 0) is 0 Å². The highest BCUT2D eigenvalue weighted by Gasteiger charge is 2.18. The number of methoxy groups -OCH3 is 1. The van der Waals surface area contributed by atoms with Crippen LogP contribution >= 0.6 is 0 Å². The SMILES string of the molecule is COc1ncc(Nc2ccccc2)c2c([N+](=O)[O-])cccc12. The first-order valence-corrected chi connectivity index (χ1v) is 6.63. The summed E-state index contributed by atoms with van der Waals surface area (Å²) >= 11 is 0. The van der Waals surface area contributed by atoms with Gasteiger partial charge in [-0.05, 0) is 18.2 Å². The molecule has 3 aromatic rings. The van der Waals surface area contributed by atoms with Gasteiger partial charge in [0.15, 0.2) is 0 Å². The summed E-state index contributed by atoms with van der Waals surface area (Å²) in [6.07, 6.45) is 1.54. The minimum Gasteiger partial charge on any atom is -0.481 e. The Morgan fingerprint density at radius 1 is 1.14 bits per heavy atom. The molecule has 6 heteroatoms. The maximum atomic E-state index is 11.3. The predicted molar refractivity (Wildman–Crippen MR) is 84.7 cm³/mol. The Bertz CT molecular complexity index is 835. The Hall–Kier alpha value is -3.15. The van der Waals surface area contributed by atoms with Gasteiger partial charge in [0.2, 0.25) is 5.88 Å². The average molecular weight is 295 g/mol. The third-order valence-electron chi connectivity index (χ3n) is 3.30. The zero-order valence-electron chi connectivity index (χ0n) is 11.8. The van der Waals surface area contributed by atoms with Crippen LogP contribution in [-0.4, -0.2) is 17.0 Å². The number of hydrogen-bond donors (Lipinski definition) is 1. The van der Waals surface area contributed by atoms with Gasteiger partial charge < -0.3 is 10.1 Å². The average Bonchev–Trinajstić information content (AvgIpc) is 2.55. The molecule has 110 valence electrons. The van der Waals surface area contributed by atoms with Crippen molar-refractivity contribution >= 4 is 27.8 Å². The Balaban J connectivity index is 2.24. The number of pyridine rings is 1. The second-order valence-corrected chi connectivity index (χ2v) is 4.63. The van der Waals surface area contributed by atoms with E-state index in [4.69, 9.17) is 4.74 Å². The lowest BCUT2D eigenvalue weighted by molar-refractivity contribution is -0.383. The Labute approximate surface area is 126 Å². The lowest BCUT2D eigenvalue weighted by Crippen LogP contribution is -1.98. The third-order valence-corrected chi connectivity index (χ3v) is 3.30. The summed E-state index contributed by atoms with van der Waals surface area (Å²) in [5.74, 6) is 0.359. The lowest BCUT2D eigenvalue weighted by Gasteiger charge is -2.11. The van der Waals surface area contributed by atoms with Gasteiger partial charge in [0.1, 0.15) is 0 Å². The van der Waals surface area contributed by atoms with Crippen molar-refractivity contribution in [2.45, 2.75) is 0 Å². The summed E-state index contributed by atoms with van der Waals surface area (Å²) < 4.78 is 5.21. The van der Waals surface area contributed by atoms with Gasteiger partial charge in [0, 0.05) is 11.8 Å². The zero-order chi connectivity index (χ0) is 15.5. The van der Waals surface area contributed by atoms with Crippen LogP contribution in [0.1, 0.15) is 0 Å². The molecular weight excluding hydrogens is 282 g/mol. The monoisotopic (exact) mass is 295 g/mol. The highest BCUT2D eigenvalue weighted by atomic mass is 16.6. The van der Waals surface area contributed by atoms with E-state index in [1.54, 1.807) is 18.3 Å². The fraction of sp³-hybridized carbons (Fsp3) is 0.0625. The van der Waals surface area contributed by atoms with E-state index >= 15 is 0 Å². The molecule has 1 N–H and O–H groups in total. The standard InChI is InChI=1S/C16H13N3O3/c1-22-16-12-8-5-9-14(19(20)21)15(12)13(10-17-16)18-11-6-3-2-4-7-11/h2-10,18H,1H3. The van der Waals surface area contributed by atoms with E-state index in [-0.39, 0.29) is 5.69 Å². The Kier molecular flexibility index (Phi) is 3.57. The largest absolute Gasteiger partial charge is 0.481 e. The number of nitro benzene ring substituents is 1. The molecule has 1 heterocycles. The highest BCUT2D eigenvalue weighted by molar-refractivity contribution is 6.03. The lowest BCUT2D eigenvalue weighted by atomic mass is 10.1. The van der Waals surface area contributed by atoms with E-state index in [0.29, 0.717) is 22.3 Å². The first-order chi connectivity index (χ1) is 10.7. The number of para-hydroxylation sites is 1. The van der Waals surface area contributed by atoms with E-state index in [9.17, 15) is 10.1 Å². The van der Waals surface area contributed by atoms with Crippen molar-refractivity contribution in [2.75, 3.05) is 12.4 Å². The fourth-order valence-corrected chi connectivity index (χ4v) is 2.35. The molecule has 3 rings (SSSR count). The van der Waals surface area contributed by atoms with Crippen molar-refractivity contribution in [3.8, 4) is 5.88 Å². The number of benzene rings is 2. The van der Waals surface area contributed by atoms with E-state index < -0.39 is 4.92 Å². The summed E-state index contributed by atoms with van der Waals surface area (Å²) in [6.45, 7) is 0. The van der Waals surface area contributed by atoms with Crippen LogP contribution in [0.2, 0.25) is 0 Å². The summed E-state index contributed by atoms with van der Waals surface area (Å²) in [5, 5.41) is 15.6. The molecule has 0 unspecified atom stereocenters. The molecule has 0 aliphatic rings. The van der Waals surface area contributed by atoms with Crippen molar-refractivity contribution < 1.29 is 9.66 Å². The molecule has 0 aliphatic carbocycles. The summed E-state index contributed by atoms with van der Waals surface area (Å²) in [7, 11) is 1.49. The molecule has 0 amide bonds. The second-order valence-electron chi connectivity index (χ2n) is 4.63. The van der Waals surface area contributed by atoms with Crippen LogP contribution in [0.15, 0.2) is 54.7 Å². The van der Waals surface area contributed by atoms with Gasteiger partial charge >= 0.3 is 0 Å². The zero-order valence-corrected chi connectivity index (χ0v) is 11.8. The number of fused-ring (bicyclic) bond motifs is 1. The van der Waals surface area contributed by atoms with E-state index in [1.165, 1.54) is 13.2 Å². The van der Waals surface area contributed by atoms with Gasteiger partial charge in [-0.1, -0.05) is 24.3 Å². The van der Waals surface area contributed by atoms with Crippen molar-refractivity contribution in [3.63, 3.8) is 0 Å². The van der Waals surface area contributed by atoms with E-state index in [1.807, 2.05) is 30.3 Å². The van der Waals surface area contributed by atoms with Gasteiger partial charge in [-0.25, -0.2) is 4.98 Å². The van der Waals surface area contributed by atoms with Gasteiger partial charge in [0.25, 0.3) is 5.69 Å². The molecule has 22 heavy (non-hydrogen) atoms. The molecule has 6 nitrogen and oxygen atoms in total. The molecule has 0 bridgehead atoms. The molecule has 0 saturated heterocycles. The Morgan fingerprint density at radius 3 is 2.59 bits per heavy atom. The summed E-state index contributed by atoms with van der Waals surface area (Å²) in [5.41, 5.74) is 1.40. The molecule has 0 spiro atoms. The molecule has 0 aliphatic heterocycles. The molecule has 2 aromatic carbocycles. The number of rotatable bonds is 4. The molecule has 0 saturated carbocycles. The van der Waals surface area contributed by atoms with Gasteiger partial charge in [-0.2, -0.15) is 0 Å². The quantitative estimate of drug-likeness (QED) is 0.583. The fourth-order valence-electron chi connectivity index (χ4n) is 2.35. The summed E-state index contributed by atoms with van der Waals surface area (Å²) in [6, 6.07) is 14.3. The van der Waals surface area contributed by atoms with Crippen LogP contribution in [0.4, 0.5) is 17.1 Å². The van der Waals surface area contributed by atoms with Crippen LogP contribution in [0.25, 0.3) is 10.8 Å². The van der Waals surface area contributed by atoms with E-state index in [2.05, 4.69) is 10.3 Å². The van der Waals surface area contributed by atoms with Crippen LogP contribution in [0, 0.1) is 10.1 Å². The van der Waals surface area contributed by atoms with E-state index in [0.717, 1.165) is 5.69 Å². The number of nitrogens with one attached hydrogen (secondary N) is 1. The van der Waals surface area contributed by atoms with Gasteiger partial charge in [-0.3, -0.25) is 10.1 Å². The number of anilines is 2. The minimum absolute atomic E-state index is 0.0108. The molecule has 1 aromatic heterocycles. The molecule has 0 radical (unpaired) electrons. The first kappa shape index (κ1) is 13.8. The predicted octanol–water partition coefficient (Wildman–Crippen LogP) is 3.90. The third kappa shape index (κ3) is 2.42. The van der Waals surface area contributed by atoms with Crippen molar-refractivity contribution in [1.82, 2.24) is 4.98 Å². The van der Waals surface area contributed by atoms with Crippen LogP contribution in [0.5, 0.6) is 5.88 Å². The number of nitro groups is 1. The molecule has 0 fully saturated rings. The normalized spacial score (nSPS) is 10.4. The maximum absolute atomic E-state index is 11.3. The Morgan fingerprint density at radius 2 is 1.91 bits per heavy atom. The number of nitrogens with zero attached hydrogens (tertiary/aromatic N) is 2. The van der Waals surface area contributed by atoms with Gasteiger partial charge in [-0.15, -0.1) is 0 Å². The number of hydrogen-bond acceptors (Lipinski definition) is 5. The number of ether oxygens (including phenoxy) is 1. The highest BCUT2D eigenvalue weighted by Crippen LogP contribution is 2.37. The van der Waals surface area contributed by atoms with Crippen molar-refractivity contribution in [3.05, 3.63) is 64.8 Å². The summed E-state index contributed by atoms with van der Waals surface area (Å²) in [4.78, 5) is 15.1. The topological polar surface area (TPSA) is 77.3 Å². The second kappa shape index (κ2) is 5.69. The molecule has 0 atom stereocenters. The number of non-ortho nitro benzene ring substituents is 1. The first-order valence-electron chi connectivity index (χ1n) is 6.63. The minimum atomic E-state index is -0.405. The van der Waals surface area contributed by atoms with Crippen LogP contribution < -0.4 is 10.1 Å². The van der Waals surface area contributed by atoms with Gasteiger partial charge in [0.05, 0.1) is 34.7 Å². The smallest absolute Gasteiger partial charge is 0.279 e. The maximum Gasteiger partial charge on any atom is 0.279 e. The van der Waals surface area contributed by atoms with Crippen molar-refractivity contribution in [2.24, 2.45) is 0 Å². The molecular formula is C16H13N3O3. The van der Waals surface area contributed by atoms with Crippen molar-refractivity contribution in [1.29, 1.82) is 0 Å². The van der Waals surface area contributed by atoms with Crippen LogP contribution in [0.3, 0.4) is 0 Å². The number of aromatic nitrogens is 1.